The SMILES string of the molecule is COC(=O)COc1ccc(CCNC(=O)c2ccc(C#N)cc2)cc1C=CCCC(=O)O. The Morgan fingerprint density at radius 3 is 2.56 bits per heavy atom. The monoisotopic (exact) mass is 436 g/mol. The maximum atomic E-state index is 12.2. The highest BCUT2D eigenvalue weighted by Crippen LogP contribution is 2.23. The summed E-state index contributed by atoms with van der Waals surface area (Å²) in [6.07, 6.45) is 4.39. The zero-order chi connectivity index (χ0) is 23.3. The van der Waals surface area contributed by atoms with Gasteiger partial charge in [0.2, 0.25) is 0 Å². The number of carboxylic acids is 1. The Morgan fingerprint density at radius 2 is 1.91 bits per heavy atom. The Labute approximate surface area is 186 Å². The summed E-state index contributed by atoms with van der Waals surface area (Å²) < 4.78 is 10.1. The molecular weight excluding hydrogens is 412 g/mol. The quantitative estimate of drug-likeness (QED) is 0.519. The van der Waals surface area contributed by atoms with Crippen LogP contribution in [0.5, 0.6) is 5.75 Å². The van der Waals surface area contributed by atoms with E-state index in [1.54, 1.807) is 42.5 Å². The minimum atomic E-state index is -0.886. The predicted molar refractivity (Wildman–Crippen MR) is 117 cm³/mol. The van der Waals surface area contributed by atoms with Gasteiger partial charge < -0.3 is 19.9 Å². The van der Waals surface area contributed by atoms with Crippen molar-refractivity contribution in [3.05, 3.63) is 70.8 Å². The molecule has 0 fully saturated rings. The Balaban J connectivity index is 2.02. The summed E-state index contributed by atoms with van der Waals surface area (Å²) in [6, 6.07) is 13.8. The molecule has 0 saturated heterocycles. The molecule has 8 nitrogen and oxygen atoms in total. The van der Waals surface area contributed by atoms with E-state index in [-0.39, 0.29) is 18.9 Å². The lowest BCUT2D eigenvalue weighted by Crippen LogP contribution is -2.25. The van der Waals surface area contributed by atoms with Crippen molar-refractivity contribution in [2.24, 2.45) is 0 Å². The molecule has 166 valence electrons. The maximum absolute atomic E-state index is 12.2. The number of carbonyl (C=O) groups is 3. The molecule has 0 bridgehead atoms. The van der Waals surface area contributed by atoms with E-state index in [9.17, 15) is 14.4 Å². The molecule has 8 heteroatoms. The van der Waals surface area contributed by atoms with Crippen LogP contribution in [-0.2, 0) is 20.7 Å². The van der Waals surface area contributed by atoms with Gasteiger partial charge in [0.15, 0.2) is 6.61 Å². The summed E-state index contributed by atoms with van der Waals surface area (Å²) >= 11 is 0. The highest BCUT2D eigenvalue weighted by molar-refractivity contribution is 5.94. The number of amides is 1. The van der Waals surface area contributed by atoms with E-state index in [1.807, 2.05) is 18.2 Å². The number of hydrogen-bond donors (Lipinski definition) is 2. The normalized spacial score (nSPS) is 10.4. The van der Waals surface area contributed by atoms with Crippen LogP contribution in [0, 0.1) is 11.3 Å². The van der Waals surface area contributed by atoms with Gasteiger partial charge in [-0.3, -0.25) is 9.59 Å². The maximum Gasteiger partial charge on any atom is 0.343 e. The third-order valence-electron chi connectivity index (χ3n) is 4.45. The van der Waals surface area contributed by atoms with Gasteiger partial charge in [0, 0.05) is 24.1 Å². The third-order valence-corrected chi connectivity index (χ3v) is 4.45. The van der Waals surface area contributed by atoms with Crippen LogP contribution in [0.2, 0.25) is 0 Å². The lowest BCUT2D eigenvalue weighted by molar-refractivity contribution is -0.143. The van der Waals surface area contributed by atoms with E-state index in [0.717, 1.165) is 5.56 Å². The average molecular weight is 436 g/mol. The Hall–Kier alpha value is -4.12. The Morgan fingerprint density at radius 1 is 1.16 bits per heavy atom. The van der Waals surface area contributed by atoms with Crippen molar-refractivity contribution in [2.45, 2.75) is 19.3 Å². The van der Waals surface area contributed by atoms with Gasteiger partial charge >= 0.3 is 11.9 Å². The number of ether oxygens (including phenoxy) is 2. The topological polar surface area (TPSA) is 126 Å². The van der Waals surface area contributed by atoms with Gasteiger partial charge in [-0.05, 0) is 54.8 Å². The third kappa shape index (κ3) is 7.95. The molecule has 2 aromatic carbocycles. The lowest BCUT2D eigenvalue weighted by Gasteiger charge is -2.11. The number of nitrogens with zero attached hydrogens (tertiary/aromatic N) is 1. The summed E-state index contributed by atoms with van der Waals surface area (Å²) in [6.45, 7) is 0.149. The number of nitriles is 1. The number of carboxylic acid groups (broad SMARTS) is 1. The fourth-order valence-corrected chi connectivity index (χ4v) is 2.75. The van der Waals surface area contributed by atoms with E-state index < -0.39 is 11.9 Å². The van der Waals surface area contributed by atoms with Crippen molar-refractivity contribution in [1.29, 1.82) is 5.26 Å². The second kappa shape index (κ2) is 12.5. The van der Waals surface area contributed by atoms with Crippen LogP contribution in [0.4, 0.5) is 0 Å². The number of methoxy groups -OCH3 is 1. The van der Waals surface area contributed by atoms with Crippen LogP contribution < -0.4 is 10.1 Å². The summed E-state index contributed by atoms with van der Waals surface area (Å²) in [5, 5.41) is 20.4. The van der Waals surface area contributed by atoms with E-state index in [0.29, 0.717) is 41.8 Å². The zero-order valence-electron chi connectivity index (χ0n) is 17.7. The van der Waals surface area contributed by atoms with E-state index in [4.69, 9.17) is 15.1 Å². The molecule has 0 heterocycles. The summed E-state index contributed by atoms with van der Waals surface area (Å²) in [4.78, 5) is 34.3. The van der Waals surface area contributed by atoms with Gasteiger partial charge in [0.05, 0.1) is 18.7 Å². The number of carbonyl (C=O) groups excluding carboxylic acids is 2. The van der Waals surface area contributed by atoms with Crippen molar-refractivity contribution in [1.82, 2.24) is 5.32 Å². The Bertz CT molecular complexity index is 1020. The van der Waals surface area contributed by atoms with Gasteiger partial charge in [0.1, 0.15) is 5.75 Å². The fraction of sp³-hybridized carbons (Fsp3) is 0.250. The van der Waals surface area contributed by atoms with Crippen LogP contribution in [0.1, 0.15) is 39.9 Å². The molecule has 1 amide bonds. The molecule has 0 aliphatic heterocycles. The van der Waals surface area contributed by atoms with Crippen molar-refractivity contribution in [3.8, 4) is 11.8 Å². The molecule has 0 aromatic heterocycles. The van der Waals surface area contributed by atoms with Gasteiger partial charge in [-0.2, -0.15) is 5.26 Å². The van der Waals surface area contributed by atoms with Crippen molar-refractivity contribution < 1.29 is 29.0 Å². The van der Waals surface area contributed by atoms with Gasteiger partial charge in [-0.25, -0.2) is 4.79 Å². The van der Waals surface area contributed by atoms with E-state index in [2.05, 4.69) is 10.1 Å². The first-order chi connectivity index (χ1) is 15.4. The number of allylic oxidation sites excluding steroid dienone is 1. The molecule has 0 spiro atoms. The standard InChI is InChI=1S/C24H24N2O6/c1-31-23(29)16-32-21-11-8-17(14-20(21)4-2-3-5-22(27)28)12-13-26-24(30)19-9-6-18(15-25)7-10-19/h2,4,6-11,14H,3,5,12-13,16H2,1H3,(H,26,30)(H,27,28). The number of nitrogens with one attached hydrogen (secondary N) is 1. The molecule has 0 unspecified atom stereocenters. The molecule has 2 rings (SSSR count). The zero-order valence-corrected chi connectivity index (χ0v) is 17.7. The second-order valence-corrected chi connectivity index (χ2v) is 6.77. The molecule has 32 heavy (non-hydrogen) atoms. The fourth-order valence-electron chi connectivity index (χ4n) is 2.75. The predicted octanol–water partition coefficient (Wildman–Crippen LogP) is 2.96. The van der Waals surface area contributed by atoms with Gasteiger partial charge in [0.25, 0.3) is 5.91 Å². The molecule has 0 radical (unpaired) electrons. The minimum absolute atomic E-state index is 0.00984. The van der Waals surface area contributed by atoms with Crippen LogP contribution in [0.25, 0.3) is 6.08 Å². The molecule has 0 saturated carbocycles. The van der Waals surface area contributed by atoms with Gasteiger partial charge in [-0.15, -0.1) is 0 Å². The number of esters is 1. The van der Waals surface area contributed by atoms with Crippen molar-refractivity contribution >= 4 is 23.9 Å². The second-order valence-electron chi connectivity index (χ2n) is 6.77. The summed E-state index contributed by atoms with van der Waals surface area (Å²) in [5.74, 6) is -1.17. The molecule has 2 N–H and O–H groups in total. The van der Waals surface area contributed by atoms with Gasteiger partial charge in [-0.1, -0.05) is 18.2 Å². The molecule has 0 atom stereocenters. The Kier molecular flexibility index (Phi) is 9.47. The highest BCUT2D eigenvalue weighted by Gasteiger charge is 2.08. The van der Waals surface area contributed by atoms with E-state index in [1.165, 1.54) is 7.11 Å². The minimum Gasteiger partial charge on any atom is -0.481 e. The molecule has 2 aromatic rings. The first kappa shape index (κ1) is 24.2. The van der Waals surface area contributed by atoms with Crippen LogP contribution in [0.15, 0.2) is 48.5 Å². The summed E-state index contributed by atoms with van der Waals surface area (Å²) in [7, 11) is 1.27. The van der Waals surface area contributed by atoms with Crippen molar-refractivity contribution in [3.63, 3.8) is 0 Å². The number of aliphatic carboxylic acids is 1. The van der Waals surface area contributed by atoms with Crippen LogP contribution in [-0.4, -0.2) is 43.2 Å². The smallest absolute Gasteiger partial charge is 0.343 e. The highest BCUT2D eigenvalue weighted by atomic mass is 16.6. The van der Waals surface area contributed by atoms with Crippen molar-refractivity contribution in [2.75, 3.05) is 20.3 Å². The van der Waals surface area contributed by atoms with E-state index >= 15 is 0 Å². The average Bonchev–Trinajstić information content (AvgIpc) is 2.80. The molecular formula is C24H24N2O6. The number of rotatable bonds is 11. The molecule has 0 aliphatic rings. The van der Waals surface area contributed by atoms with Crippen LogP contribution in [0.3, 0.4) is 0 Å². The lowest BCUT2D eigenvalue weighted by atomic mass is 10.1. The van der Waals surface area contributed by atoms with Crippen LogP contribution >= 0.6 is 0 Å². The number of benzene rings is 2. The first-order valence-corrected chi connectivity index (χ1v) is 9.92. The first-order valence-electron chi connectivity index (χ1n) is 9.92. The molecule has 0 aliphatic carbocycles. The summed E-state index contributed by atoms with van der Waals surface area (Å²) in [5.41, 5.74) is 2.57. The largest absolute Gasteiger partial charge is 0.481 e. The number of hydrogen-bond acceptors (Lipinski definition) is 6.